The van der Waals surface area contributed by atoms with Crippen LogP contribution >= 0.6 is 0 Å². The van der Waals surface area contributed by atoms with E-state index in [0.717, 1.165) is 6.07 Å². The minimum Gasteiger partial charge on any atom is -0.508 e. The molecule has 0 aliphatic carbocycles. The van der Waals surface area contributed by atoms with Gasteiger partial charge in [0.2, 0.25) is 0 Å². The van der Waals surface area contributed by atoms with E-state index in [2.05, 4.69) is 0 Å². The van der Waals surface area contributed by atoms with Crippen LogP contribution < -0.4 is 10.2 Å². The van der Waals surface area contributed by atoms with Gasteiger partial charge in [-0.2, -0.15) is 0 Å². The zero-order chi connectivity index (χ0) is 25.5. The molecule has 35 heavy (non-hydrogen) atoms. The Kier molecular flexibility index (Phi) is 6.31. The molecule has 0 radical (unpaired) electrons. The number of benzene rings is 2. The number of phenolic OH excluding ortho intramolecular Hbond substituents is 2. The molecule has 184 valence electrons. The molecule has 1 aliphatic heterocycles. The molecule has 0 bridgehead atoms. The van der Waals surface area contributed by atoms with E-state index >= 15 is 0 Å². The lowest BCUT2D eigenvalue weighted by atomic mass is 9.86. The number of fused-ring (bicyclic) bond motifs is 2. The summed E-state index contributed by atoms with van der Waals surface area (Å²) in [5.74, 6) is -0.955. The number of hydrogen-bond donors (Lipinski definition) is 4. The van der Waals surface area contributed by atoms with Gasteiger partial charge in [-0.1, -0.05) is 18.2 Å². The molecule has 0 amide bonds. The molecule has 0 spiro atoms. The Morgan fingerprint density at radius 1 is 1.23 bits per heavy atom. The third-order valence-electron chi connectivity index (χ3n) is 6.10. The Bertz CT molecular complexity index is 1400. The van der Waals surface area contributed by atoms with Crippen molar-refractivity contribution < 1.29 is 39.1 Å². The monoisotopic (exact) mass is 482 g/mol. The van der Waals surface area contributed by atoms with E-state index < -0.39 is 36.3 Å². The van der Waals surface area contributed by atoms with Crippen LogP contribution in [0.2, 0.25) is 0 Å². The highest BCUT2D eigenvalue weighted by molar-refractivity contribution is 6.01. The first-order valence-corrected chi connectivity index (χ1v) is 11.0. The summed E-state index contributed by atoms with van der Waals surface area (Å²) in [6.07, 6.45) is 0.584. The van der Waals surface area contributed by atoms with Crippen LogP contribution in [-0.4, -0.2) is 44.7 Å². The number of hydrogen-bond acceptors (Lipinski definition) is 9. The fourth-order valence-electron chi connectivity index (χ4n) is 4.18. The van der Waals surface area contributed by atoms with Crippen LogP contribution in [0.4, 0.5) is 0 Å². The third kappa shape index (κ3) is 4.24. The molecule has 9 heteroatoms. The van der Waals surface area contributed by atoms with Crippen LogP contribution in [0.5, 0.6) is 17.2 Å². The first kappa shape index (κ1) is 24.3. The van der Waals surface area contributed by atoms with E-state index in [0.29, 0.717) is 11.1 Å². The maximum Gasteiger partial charge on any atom is 0.336 e. The molecule has 1 aliphatic rings. The van der Waals surface area contributed by atoms with Gasteiger partial charge in [0.15, 0.2) is 11.0 Å². The summed E-state index contributed by atoms with van der Waals surface area (Å²) in [6.45, 7) is 3.98. The molecular formula is C26H26O9. The van der Waals surface area contributed by atoms with Crippen LogP contribution in [0.15, 0.2) is 51.2 Å². The van der Waals surface area contributed by atoms with E-state index in [1.54, 1.807) is 32.9 Å². The number of ether oxygens (including phenoxy) is 2. The number of carbonyl (C=O) groups is 1. The van der Waals surface area contributed by atoms with Gasteiger partial charge >= 0.3 is 5.97 Å². The molecule has 3 aromatic rings. The molecule has 2 heterocycles. The second kappa shape index (κ2) is 9.09. The van der Waals surface area contributed by atoms with E-state index in [4.69, 9.17) is 13.9 Å². The zero-order valence-corrected chi connectivity index (χ0v) is 19.5. The largest absolute Gasteiger partial charge is 0.508 e. The Hall–Kier alpha value is -3.82. The maximum absolute atomic E-state index is 12.9. The average Bonchev–Trinajstić information content (AvgIpc) is 2.80. The van der Waals surface area contributed by atoms with Crippen molar-refractivity contribution in [1.29, 1.82) is 0 Å². The fraction of sp³-hybridized carbons (Fsp3) is 0.308. The van der Waals surface area contributed by atoms with Gasteiger partial charge in [-0.25, -0.2) is 4.79 Å². The summed E-state index contributed by atoms with van der Waals surface area (Å²) < 4.78 is 17.7. The molecule has 0 saturated heterocycles. The van der Waals surface area contributed by atoms with Crippen LogP contribution in [0.25, 0.3) is 22.1 Å². The Morgan fingerprint density at radius 3 is 2.60 bits per heavy atom. The molecule has 2 aromatic carbocycles. The number of phenols is 2. The van der Waals surface area contributed by atoms with E-state index in [-0.39, 0.29) is 51.5 Å². The van der Waals surface area contributed by atoms with E-state index in [1.165, 1.54) is 18.2 Å². The summed E-state index contributed by atoms with van der Waals surface area (Å²) in [4.78, 5) is 25.5. The Labute approximate surface area is 200 Å². The van der Waals surface area contributed by atoms with Gasteiger partial charge in [0.05, 0.1) is 17.7 Å². The zero-order valence-electron chi connectivity index (χ0n) is 19.5. The van der Waals surface area contributed by atoms with Gasteiger partial charge in [-0.05, 0) is 38.5 Å². The number of esters is 1. The van der Waals surface area contributed by atoms with Crippen molar-refractivity contribution in [2.45, 2.75) is 45.5 Å². The minimum absolute atomic E-state index is 0.00523. The van der Waals surface area contributed by atoms with Gasteiger partial charge in [0.1, 0.15) is 46.7 Å². The SMILES string of the molecule is CC=C(CO)C(=O)OC1Cc2c(c(-c3cccc(O)c3)c3oc(CO)cc(=O)c3c2O)OC1(C)C. The van der Waals surface area contributed by atoms with Gasteiger partial charge in [-0.15, -0.1) is 0 Å². The average molecular weight is 482 g/mol. The number of aliphatic hydroxyl groups excluding tert-OH is 2. The molecule has 1 atom stereocenters. The number of allylic oxidation sites excluding steroid dienone is 1. The lowest BCUT2D eigenvalue weighted by Crippen LogP contribution is -2.49. The lowest BCUT2D eigenvalue weighted by molar-refractivity contribution is -0.157. The minimum atomic E-state index is -1.09. The highest BCUT2D eigenvalue weighted by Crippen LogP contribution is 2.50. The van der Waals surface area contributed by atoms with Gasteiger partial charge in [-0.3, -0.25) is 4.79 Å². The molecule has 0 saturated carbocycles. The Morgan fingerprint density at radius 2 is 1.97 bits per heavy atom. The molecular weight excluding hydrogens is 456 g/mol. The highest BCUT2D eigenvalue weighted by atomic mass is 16.6. The number of carbonyl (C=O) groups excluding carboxylic acids is 1. The number of aromatic hydroxyl groups is 2. The highest BCUT2D eigenvalue weighted by Gasteiger charge is 2.43. The summed E-state index contributed by atoms with van der Waals surface area (Å²) in [5, 5.41) is 40.1. The molecule has 4 N–H and O–H groups in total. The van der Waals surface area contributed by atoms with Crippen LogP contribution in [0, 0.1) is 0 Å². The molecule has 4 rings (SSSR count). The second-order valence-electron chi connectivity index (χ2n) is 8.80. The van der Waals surface area contributed by atoms with Gasteiger partial charge < -0.3 is 34.3 Å². The second-order valence-corrected chi connectivity index (χ2v) is 8.80. The summed E-state index contributed by atoms with van der Waals surface area (Å²) >= 11 is 0. The van der Waals surface area contributed by atoms with Crippen LogP contribution in [-0.2, 0) is 22.6 Å². The third-order valence-corrected chi connectivity index (χ3v) is 6.10. The van der Waals surface area contributed by atoms with E-state index in [9.17, 15) is 30.0 Å². The van der Waals surface area contributed by atoms with Gasteiger partial charge in [0, 0.05) is 18.1 Å². The molecule has 9 nitrogen and oxygen atoms in total. The van der Waals surface area contributed by atoms with Crippen molar-refractivity contribution >= 4 is 16.9 Å². The van der Waals surface area contributed by atoms with Crippen molar-refractivity contribution in [1.82, 2.24) is 0 Å². The van der Waals surface area contributed by atoms with Crippen molar-refractivity contribution in [3.05, 3.63) is 63.5 Å². The quantitative estimate of drug-likeness (QED) is 0.318. The molecule has 1 aromatic heterocycles. The maximum atomic E-state index is 12.9. The fourth-order valence-corrected chi connectivity index (χ4v) is 4.18. The van der Waals surface area contributed by atoms with Crippen LogP contribution in [0.1, 0.15) is 32.1 Å². The van der Waals surface area contributed by atoms with Gasteiger partial charge in [0.25, 0.3) is 0 Å². The summed E-state index contributed by atoms with van der Waals surface area (Å²) in [6, 6.07) is 7.31. The lowest BCUT2D eigenvalue weighted by Gasteiger charge is -2.40. The molecule has 0 fully saturated rings. The smallest absolute Gasteiger partial charge is 0.336 e. The standard InChI is InChI=1S/C26H26O9/c1-4-13(11-27)25(32)34-19-10-17-22(31)21-18(30)9-16(12-28)33-24(21)20(23(17)35-26(19,2)3)14-6-5-7-15(29)8-14/h4-9,19,27-29,31H,10-12H2,1-3H3. The molecule has 1 unspecified atom stereocenters. The van der Waals surface area contributed by atoms with Crippen LogP contribution in [0.3, 0.4) is 0 Å². The summed E-state index contributed by atoms with van der Waals surface area (Å²) in [5.41, 5.74) is -0.615. The topological polar surface area (TPSA) is 147 Å². The van der Waals surface area contributed by atoms with Crippen molar-refractivity contribution in [2.75, 3.05) is 6.61 Å². The number of rotatable bonds is 5. The first-order chi connectivity index (χ1) is 16.6. The summed E-state index contributed by atoms with van der Waals surface area (Å²) in [7, 11) is 0. The predicted octanol–water partition coefficient (Wildman–Crippen LogP) is 2.93. The van der Waals surface area contributed by atoms with Crippen molar-refractivity contribution in [3.8, 4) is 28.4 Å². The predicted molar refractivity (Wildman–Crippen MR) is 126 cm³/mol. The normalized spacial score (nSPS) is 17.1. The number of aliphatic hydroxyl groups is 2. The van der Waals surface area contributed by atoms with Crippen molar-refractivity contribution in [2.24, 2.45) is 0 Å². The Balaban J connectivity index is 1.99. The first-order valence-electron chi connectivity index (χ1n) is 11.0. The van der Waals surface area contributed by atoms with Crippen molar-refractivity contribution in [3.63, 3.8) is 0 Å². The van der Waals surface area contributed by atoms with E-state index in [1.807, 2.05) is 0 Å².